The van der Waals surface area contributed by atoms with Gasteiger partial charge in [0.25, 0.3) is 0 Å². The van der Waals surface area contributed by atoms with Crippen LogP contribution in [-0.4, -0.2) is 52.2 Å². The zero-order valence-corrected chi connectivity index (χ0v) is 22.5. The summed E-state index contributed by atoms with van der Waals surface area (Å²) in [4.78, 5) is 20.9. The Bertz CT molecular complexity index is 1340. The van der Waals surface area contributed by atoms with Crippen LogP contribution in [0.5, 0.6) is 5.75 Å². The van der Waals surface area contributed by atoms with Crippen LogP contribution in [0.3, 0.4) is 0 Å². The van der Waals surface area contributed by atoms with Crippen LogP contribution in [0.2, 0.25) is 0 Å². The molecule has 0 spiro atoms. The second-order valence-electron chi connectivity index (χ2n) is 10.9. The number of fused-ring (bicyclic) bond motifs is 1. The summed E-state index contributed by atoms with van der Waals surface area (Å²) in [6, 6.07) is 9.83. The lowest BCUT2D eigenvalue weighted by Gasteiger charge is -2.42. The number of hydrogen-bond donors (Lipinski definition) is 1. The molecule has 1 N–H and O–H groups in total. The highest BCUT2D eigenvalue weighted by atomic mass is 32.1. The molecule has 1 aliphatic heterocycles. The van der Waals surface area contributed by atoms with Gasteiger partial charge in [-0.1, -0.05) is 31.3 Å². The smallest absolute Gasteiger partial charge is 0.416 e. The Morgan fingerprint density at radius 3 is 2.63 bits per heavy atom. The van der Waals surface area contributed by atoms with Crippen LogP contribution in [0.15, 0.2) is 36.4 Å². The number of halogens is 3. The van der Waals surface area contributed by atoms with Crippen molar-refractivity contribution in [3.05, 3.63) is 53.1 Å². The second-order valence-corrected chi connectivity index (χ2v) is 12.0. The van der Waals surface area contributed by atoms with Gasteiger partial charge in [0.05, 0.1) is 15.8 Å². The Morgan fingerprint density at radius 2 is 1.97 bits per heavy atom. The minimum absolute atomic E-state index is 0.175. The van der Waals surface area contributed by atoms with Crippen LogP contribution < -0.4 is 9.64 Å². The van der Waals surface area contributed by atoms with Gasteiger partial charge in [-0.2, -0.15) is 13.2 Å². The maximum absolute atomic E-state index is 13.2. The predicted octanol–water partition coefficient (Wildman–Crippen LogP) is 6.36. The quantitative estimate of drug-likeness (QED) is 0.354. The van der Waals surface area contributed by atoms with Gasteiger partial charge in [-0.25, -0.2) is 9.78 Å². The van der Waals surface area contributed by atoms with Crippen molar-refractivity contribution in [2.45, 2.75) is 64.4 Å². The second kappa shape index (κ2) is 10.0. The zero-order valence-electron chi connectivity index (χ0n) is 21.7. The Kier molecular flexibility index (Phi) is 7.06. The number of aryl methyl sites for hydroxylation is 1. The van der Waals surface area contributed by atoms with Crippen LogP contribution in [0.25, 0.3) is 10.2 Å². The van der Waals surface area contributed by atoms with E-state index in [1.807, 2.05) is 19.1 Å². The molecular weight excluding hydrogens is 515 g/mol. The van der Waals surface area contributed by atoms with Crippen molar-refractivity contribution >= 4 is 32.7 Å². The number of rotatable bonds is 8. The number of ether oxygens (including phenoxy) is 1. The average Bonchev–Trinajstić information content (AvgIpc) is 3.47. The first kappa shape index (κ1) is 26.7. The number of benzene rings is 2. The standard InChI is InChI=1S/C28H32F3N3O3S/c1-17(2)10-21-16-33(15-19-11-18(3)12-22(13-19)37-27(6-7-27)25(35)36)8-9-34(21)26-32-23-5-4-20(28(29,30)31)14-24(23)38-26/h4-5,11-14,17,21H,6-10,15-16H2,1-3H3,(H,35,36)/t21-/m1/s1. The van der Waals surface area contributed by atoms with E-state index in [2.05, 4.69) is 29.7 Å². The van der Waals surface area contributed by atoms with Gasteiger partial charge in [0.2, 0.25) is 5.60 Å². The summed E-state index contributed by atoms with van der Waals surface area (Å²) in [5.74, 6) is 0.112. The number of aromatic nitrogens is 1. The van der Waals surface area contributed by atoms with E-state index >= 15 is 0 Å². The molecule has 2 aliphatic rings. The lowest BCUT2D eigenvalue weighted by atomic mass is 10.00. The van der Waals surface area contributed by atoms with E-state index in [9.17, 15) is 23.1 Å². The molecule has 6 nitrogen and oxygen atoms in total. The number of nitrogens with zero attached hydrogens (tertiary/aromatic N) is 3. The summed E-state index contributed by atoms with van der Waals surface area (Å²) in [5, 5.41) is 10.3. The predicted molar refractivity (Wildman–Crippen MR) is 142 cm³/mol. The summed E-state index contributed by atoms with van der Waals surface area (Å²) in [6.45, 7) is 9.33. The largest absolute Gasteiger partial charge is 0.478 e. The third kappa shape index (κ3) is 5.76. The van der Waals surface area contributed by atoms with Gasteiger partial charge < -0.3 is 14.7 Å². The van der Waals surface area contributed by atoms with Crippen LogP contribution in [0.1, 0.15) is 49.8 Å². The maximum atomic E-state index is 13.2. The Balaban J connectivity index is 1.33. The van der Waals surface area contributed by atoms with Crippen molar-refractivity contribution in [2.75, 3.05) is 24.5 Å². The molecule has 1 saturated heterocycles. The number of carboxylic acids is 1. The third-order valence-electron chi connectivity index (χ3n) is 7.18. The molecule has 1 aliphatic carbocycles. The number of carboxylic acid groups (broad SMARTS) is 1. The molecule has 2 fully saturated rings. The number of thiazole rings is 1. The minimum Gasteiger partial charge on any atom is -0.478 e. The van der Waals surface area contributed by atoms with Gasteiger partial charge >= 0.3 is 12.1 Å². The van der Waals surface area contributed by atoms with E-state index in [4.69, 9.17) is 9.72 Å². The topological polar surface area (TPSA) is 65.9 Å². The summed E-state index contributed by atoms with van der Waals surface area (Å²) in [5.41, 5.74) is 0.936. The lowest BCUT2D eigenvalue weighted by molar-refractivity contribution is -0.147. The number of hydrogen-bond acceptors (Lipinski definition) is 6. The number of aliphatic carboxylic acids is 1. The summed E-state index contributed by atoms with van der Waals surface area (Å²) >= 11 is 1.32. The molecule has 0 amide bonds. The molecular formula is C28H32F3N3O3S. The highest BCUT2D eigenvalue weighted by molar-refractivity contribution is 7.22. The molecule has 2 heterocycles. The zero-order chi connectivity index (χ0) is 27.2. The van der Waals surface area contributed by atoms with Crippen LogP contribution in [0, 0.1) is 12.8 Å². The number of piperazine rings is 1. The van der Waals surface area contributed by atoms with Crippen LogP contribution >= 0.6 is 11.3 Å². The Morgan fingerprint density at radius 1 is 1.21 bits per heavy atom. The molecule has 1 aromatic heterocycles. The normalized spacial score (nSPS) is 19.8. The van der Waals surface area contributed by atoms with Crippen LogP contribution in [-0.2, 0) is 17.5 Å². The summed E-state index contributed by atoms with van der Waals surface area (Å²) in [7, 11) is 0. The first-order chi connectivity index (χ1) is 17.9. The monoisotopic (exact) mass is 547 g/mol. The Labute approximate surface area is 224 Å². The van der Waals surface area contributed by atoms with Gasteiger partial charge in [-0.15, -0.1) is 0 Å². The SMILES string of the molecule is Cc1cc(CN2CCN(c3nc4ccc(C(F)(F)F)cc4s3)[C@H](CC(C)C)C2)cc(OC2(C(=O)O)CC2)c1. The fourth-order valence-electron chi connectivity index (χ4n) is 5.20. The fraction of sp³-hybridized carbons (Fsp3) is 0.500. The molecule has 0 bridgehead atoms. The molecule has 3 aromatic rings. The fourth-order valence-corrected chi connectivity index (χ4v) is 6.31. The van der Waals surface area contributed by atoms with Gasteiger partial charge in [0.15, 0.2) is 5.13 Å². The van der Waals surface area contributed by atoms with Crippen molar-refractivity contribution in [1.82, 2.24) is 9.88 Å². The van der Waals surface area contributed by atoms with E-state index < -0.39 is 23.3 Å². The maximum Gasteiger partial charge on any atom is 0.416 e. The summed E-state index contributed by atoms with van der Waals surface area (Å²) < 4.78 is 46.1. The highest BCUT2D eigenvalue weighted by Crippen LogP contribution is 2.41. The van der Waals surface area contributed by atoms with Crippen LogP contribution in [0.4, 0.5) is 18.3 Å². The van der Waals surface area contributed by atoms with E-state index in [0.29, 0.717) is 41.3 Å². The highest BCUT2D eigenvalue weighted by Gasteiger charge is 2.53. The van der Waals surface area contributed by atoms with E-state index in [1.54, 1.807) is 0 Å². The molecule has 5 rings (SSSR count). The first-order valence-electron chi connectivity index (χ1n) is 12.9. The molecule has 10 heteroatoms. The van der Waals surface area contributed by atoms with E-state index in [-0.39, 0.29) is 6.04 Å². The van der Waals surface area contributed by atoms with E-state index in [1.165, 1.54) is 23.5 Å². The molecule has 1 saturated carbocycles. The first-order valence-corrected chi connectivity index (χ1v) is 13.7. The van der Waals surface area contributed by atoms with Gasteiger partial charge in [-0.05, 0) is 60.7 Å². The average molecular weight is 548 g/mol. The minimum atomic E-state index is -4.38. The number of anilines is 1. The van der Waals surface area contributed by atoms with Crippen molar-refractivity contribution in [2.24, 2.45) is 5.92 Å². The Hall–Kier alpha value is -2.85. The van der Waals surface area contributed by atoms with E-state index in [0.717, 1.165) is 48.4 Å². The third-order valence-corrected chi connectivity index (χ3v) is 8.24. The van der Waals surface area contributed by atoms with Crippen molar-refractivity contribution in [1.29, 1.82) is 0 Å². The molecule has 38 heavy (non-hydrogen) atoms. The van der Waals surface area contributed by atoms with Crippen molar-refractivity contribution in [3.8, 4) is 5.75 Å². The lowest BCUT2D eigenvalue weighted by Crippen LogP contribution is -2.53. The molecule has 1 atom stereocenters. The number of carbonyl (C=O) groups is 1. The van der Waals surface area contributed by atoms with Gasteiger partial charge in [-0.3, -0.25) is 4.90 Å². The molecule has 0 unspecified atom stereocenters. The molecule has 0 radical (unpaired) electrons. The van der Waals surface area contributed by atoms with Crippen molar-refractivity contribution in [3.63, 3.8) is 0 Å². The van der Waals surface area contributed by atoms with Crippen molar-refractivity contribution < 1.29 is 27.8 Å². The number of alkyl halides is 3. The van der Waals surface area contributed by atoms with Gasteiger partial charge in [0.1, 0.15) is 5.75 Å². The summed E-state index contributed by atoms with van der Waals surface area (Å²) in [6.07, 6.45) is -2.40. The molecule has 2 aromatic carbocycles. The van der Waals surface area contributed by atoms with Gasteiger partial charge in [0, 0.05) is 45.1 Å². The molecule has 204 valence electrons.